The van der Waals surface area contributed by atoms with Gasteiger partial charge >= 0.3 is 5.69 Å². The van der Waals surface area contributed by atoms with Crippen LogP contribution in [0.5, 0.6) is 0 Å². The number of amides is 1. The van der Waals surface area contributed by atoms with Crippen molar-refractivity contribution in [2.24, 2.45) is 5.92 Å². The molecule has 2 aliphatic rings. The van der Waals surface area contributed by atoms with Crippen LogP contribution in [-0.4, -0.2) is 61.4 Å². The van der Waals surface area contributed by atoms with Gasteiger partial charge in [0.05, 0.1) is 12.2 Å². The third kappa shape index (κ3) is 5.06. The summed E-state index contributed by atoms with van der Waals surface area (Å²) in [5.41, 5.74) is 3.56. The van der Waals surface area contributed by atoms with Gasteiger partial charge in [-0.3, -0.25) is 14.3 Å². The minimum Gasteiger partial charge on any atom is -0.348 e. The van der Waals surface area contributed by atoms with E-state index in [4.69, 9.17) is 0 Å². The van der Waals surface area contributed by atoms with E-state index in [0.29, 0.717) is 29.7 Å². The fourth-order valence-electron chi connectivity index (χ4n) is 5.14. The molecule has 2 N–H and O–H groups in total. The fraction of sp³-hybridized carbons (Fsp3) is 0.481. The first-order valence-corrected chi connectivity index (χ1v) is 12.9. The van der Waals surface area contributed by atoms with Crippen molar-refractivity contribution >= 4 is 23.0 Å². The number of H-pyrrole nitrogens is 1. The highest BCUT2D eigenvalue weighted by Gasteiger charge is 2.32. The van der Waals surface area contributed by atoms with E-state index >= 15 is 0 Å². The highest BCUT2D eigenvalue weighted by molar-refractivity contribution is 5.87. The van der Waals surface area contributed by atoms with Crippen LogP contribution in [0.3, 0.4) is 0 Å². The Bertz CT molecular complexity index is 1280. The van der Waals surface area contributed by atoms with Gasteiger partial charge in [-0.2, -0.15) is 4.98 Å². The molecule has 1 amide bonds. The zero-order valence-corrected chi connectivity index (χ0v) is 21.1. The number of piperazine rings is 1. The van der Waals surface area contributed by atoms with Crippen molar-refractivity contribution in [3.05, 3.63) is 64.7 Å². The van der Waals surface area contributed by atoms with Crippen molar-refractivity contribution in [2.45, 2.75) is 51.7 Å². The van der Waals surface area contributed by atoms with Gasteiger partial charge in [0.1, 0.15) is 5.52 Å². The Labute approximate surface area is 211 Å². The van der Waals surface area contributed by atoms with Gasteiger partial charge in [0, 0.05) is 38.8 Å². The van der Waals surface area contributed by atoms with Gasteiger partial charge in [0.25, 0.3) is 0 Å². The lowest BCUT2D eigenvalue weighted by Crippen LogP contribution is -2.49. The molecular formula is C27H35N7O2. The Morgan fingerprint density at radius 1 is 1.19 bits per heavy atom. The van der Waals surface area contributed by atoms with Gasteiger partial charge in [-0.25, -0.2) is 9.78 Å². The van der Waals surface area contributed by atoms with E-state index in [9.17, 15) is 9.59 Å². The van der Waals surface area contributed by atoms with Crippen molar-refractivity contribution in [3.8, 4) is 0 Å². The number of carbonyl (C=O) groups excluding carboxylic acids is 1. The van der Waals surface area contributed by atoms with E-state index in [1.54, 1.807) is 10.8 Å². The summed E-state index contributed by atoms with van der Waals surface area (Å²) in [6.07, 6.45) is 6.88. The standard InChI is InChI=1S/C27H35N7O2/c1-4-24(35)33-14-12-32(13-15-33)23(16-19-6-7-19)21-10-8-20(9-11-21)18(3)29-26-28-17-22-25(31-26)34(5-2)27(36)30-22/h4,8-11,17-19,23H,1,5-7,12-16H2,2-3H3,(H,30,36)(H,28,29,31). The molecule has 5 rings (SSSR count). The summed E-state index contributed by atoms with van der Waals surface area (Å²) in [5, 5.41) is 3.38. The Kier molecular flexibility index (Phi) is 6.91. The molecule has 1 aliphatic heterocycles. The molecule has 9 heteroatoms. The molecule has 2 aromatic heterocycles. The topological polar surface area (TPSA) is 99.2 Å². The number of aromatic amines is 1. The first-order valence-electron chi connectivity index (χ1n) is 12.9. The maximum atomic E-state index is 12.1. The summed E-state index contributed by atoms with van der Waals surface area (Å²) in [4.78, 5) is 40.2. The van der Waals surface area contributed by atoms with Crippen LogP contribution in [-0.2, 0) is 11.3 Å². The number of benzene rings is 1. The summed E-state index contributed by atoms with van der Waals surface area (Å²) >= 11 is 0. The highest BCUT2D eigenvalue weighted by atomic mass is 16.2. The first-order chi connectivity index (χ1) is 17.5. The summed E-state index contributed by atoms with van der Waals surface area (Å²) in [6, 6.07) is 9.23. The number of hydrogen-bond acceptors (Lipinski definition) is 6. The lowest BCUT2D eigenvalue weighted by molar-refractivity contribution is -0.128. The van der Waals surface area contributed by atoms with Gasteiger partial charge in [0.2, 0.25) is 11.9 Å². The molecule has 0 radical (unpaired) electrons. The van der Waals surface area contributed by atoms with Gasteiger partial charge in [-0.15, -0.1) is 0 Å². The average Bonchev–Trinajstić information content (AvgIpc) is 3.67. The van der Waals surface area contributed by atoms with Crippen LogP contribution in [0.4, 0.5) is 5.95 Å². The first kappa shape index (κ1) is 24.2. The Balaban J connectivity index is 1.28. The molecule has 190 valence electrons. The molecule has 2 fully saturated rings. The van der Waals surface area contributed by atoms with Gasteiger partial charge in [-0.1, -0.05) is 43.7 Å². The van der Waals surface area contributed by atoms with Crippen molar-refractivity contribution in [3.63, 3.8) is 0 Å². The summed E-state index contributed by atoms with van der Waals surface area (Å²) in [5.74, 6) is 1.33. The van der Waals surface area contributed by atoms with Crippen molar-refractivity contribution < 1.29 is 4.79 Å². The number of fused-ring (bicyclic) bond motifs is 1. The Hall–Kier alpha value is -3.46. The number of carbonyl (C=O) groups is 1. The monoisotopic (exact) mass is 489 g/mol. The predicted molar refractivity (Wildman–Crippen MR) is 141 cm³/mol. The fourth-order valence-corrected chi connectivity index (χ4v) is 5.14. The van der Waals surface area contributed by atoms with Crippen molar-refractivity contribution in [2.75, 3.05) is 31.5 Å². The number of imidazole rings is 1. The molecule has 1 saturated heterocycles. The number of rotatable bonds is 9. The smallest absolute Gasteiger partial charge is 0.327 e. The van der Waals surface area contributed by atoms with Gasteiger partial charge in [0.15, 0.2) is 5.65 Å². The zero-order chi connectivity index (χ0) is 25.2. The van der Waals surface area contributed by atoms with E-state index in [1.807, 2.05) is 11.8 Å². The van der Waals surface area contributed by atoms with E-state index in [0.717, 1.165) is 37.7 Å². The zero-order valence-electron chi connectivity index (χ0n) is 21.1. The number of hydrogen-bond donors (Lipinski definition) is 2. The molecule has 3 heterocycles. The Morgan fingerprint density at radius 3 is 2.53 bits per heavy atom. The molecule has 0 spiro atoms. The maximum Gasteiger partial charge on any atom is 0.327 e. The number of nitrogens with one attached hydrogen (secondary N) is 2. The molecule has 0 bridgehead atoms. The summed E-state index contributed by atoms with van der Waals surface area (Å²) in [7, 11) is 0. The highest BCUT2D eigenvalue weighted by Crippen LogP contribution is 2.40. The number of nitrogens with zero attached hydrogens (tertiary/aromatic N) is 5. The van der Waals surface area contributed by atoms with Crippen LogP contribution in [0.15, 0.2) is 47.9 Å². The van der Waals surface area contributed by atoms with E-state index in [-0.39, 0.29) is 17.6 Å². The van der Waals surface area contributed by atoms with Crippen LogP contribution in [0, 0.1) is 5.92 Å². The maximum absolute atomic E-state index is 12.1. The molecular weight excluding hydrogens is 454 g/mol. The van der Waals surface area contributed by atoms with Crippen LogP contribution >= 0.6 is 0 Å². The molecule has 36 heavy (non-hydrogen) atoms. The minimum atomic E-state index is -0.169. The normalized spacial score (nSPS) is 18.2. The minimum absolute atomic E-state index is 0.00702. The number of aromatic nitrogens is 4. The number of anilines is 1. The van der Waals surface area contributed by atoms with Gasteiger partial charge < -0.3 is 15.2 Å². The third-order valence-electron chi connectivity index (χ3n) is 7.49. The van der Waals surface area contributed by atoms with Crippen molar-refractivity contribution in [1.82, 2.24) is 29.3 Å². The second-order valence-corrected chi connectivity index (χ2v) is 9.90. The Morgan fingerprint density at radius 2 is 1.89 bits per heavy atom. The van der Waals surface area contributed by atoms with Crippen LogP contribution in [0.1, 0.15) is 56.3 Å². The van der Waals surface area contributed by atoms with E-state index in [1.165, 1.54) is 30.9 Å². The lowest BCUT2D eigenvalue weighted by atomic mass is 9.96. The largest absolute Gasteiger partial charge is 0.348 e. The van der Waals surface area contributed by atoms with Crippen LogP contribution < -0.4 is 11.0 Å². The summed E-state index contributed by atoms with van der Waals surface area (Å²) < 4.78 is 1.61. The molecule has 9 nitrogen and oxygen atoms in total. The molecule has 3 aromatic rings. The quantitative estimate of drug-likeness (QED) is 0.447. The lowest BCUT2D eigenvalue weighted by Gasteiger charge is -2.39. The molecule has 1 aliphatic carbocycles. The second-order valence-electron chi connectivity index (χ2n) is 9.90. The average molecular weight is 490 g/mol. The van der Waals surface area contributed by atoms with E-state index < -0.39 is 0 Å². The van der Waals surface area contributed by atoms with Gasteiger partial charge in [-0.05, 0) is 43.4 Å². The SMILES string of the molecule is C=CC(=O)N1CCN(C(CC2CC2)c2ccc(C(C)Nc3ncc4[nH]c(=O)n(CC)c4n3)cc2)CC1. The number of aryl methyl sites for hydroxylation is 1. The van der Waals surface area contributed by atoms with Crippen molar-refractivity contribution in [1.29, 1.82) is 0 Å². The second kappa shape index (κ2) is 10.3. The molecule has 1 saturated carbocycles. The molecule has 1 aromatic carbocycles. The van der Waals surface area contributed by atoms with E-state index in [2.05, 4.69) is 62.9 Å². The molecule has 2 atom stereocenters. The molecule has 2 unspecified atom stereocenters. The van der Waals surface area contributed by atoms with Crippen LogP contribution in [0.2, 0.25) is 0 Å². The van der Waals surface area contributed by atoms with Crippen LogP contribution in [0.25, 0.3) is 11.2 Å². The third-order valence-corrected chi connectivity index (χ3v) is 7.49. The predicted octanol–water partition coefficient (Wildman–Crippen LogP) is 3.48. The summed E-state index contributed by atoms with van der Waals surface area (Å²) in [6.45, 7) is 11.5.